The van der Waals surface area contributed by atoms with Crippen LogP contribution in [0.1, 0.15) is 5.56 Å². The molecule has 0 bridgehead atoms. The number of rotatable bonds is 3. The highest BCUT2D eigenvalue weighted by Gasteiger charge is 2.04. The predicted molar refractivity (Wildman–Crippen MR) is 65.7 cm³/mol. The lowest BCUT2D eigenvalue weighted by Crippen LogP contribution is -1.88. The minimum Gasteiger partial charge on any atom is -0.206 e. The summed E-state index contributed by atoms with van der Waals surface area (Å²) in [6, 6.07) is 14.9. The lowest BCUT2D eigenvalue weighted by molar-refractivity contribution is 0.629. The van der Waals surface area contributed by atoms with Crippen molar-refractivity contribution in [3.8, 4) is 11.1 Å². The Balaban J connectivity index is 2.40. The second-order valence-corrected chi connectivity index (χ2v) is 3.67. The van der Waals surface area contributed by atoms with Gasteiger partial charge in [-0.1, -0.05) is 48.5 Å². The summed E-state index contributed by atoms with van der Waals surface area (Å²) in [6.07, 6.45) is 2.48. The van der Waals surface area contributed by atoms with Crippen molar-refractivity contribution in [3.63, 3.8) is 0 Å². The molecule has 0 atom stereocenters. The van der Waals surface area contributed by atoms with E-state index in [1.54, 1.807) is 12.1 Å². The Morgan fingerprint density at radius 1 is 1.06 bits per heavy atom. The minimum absolute atomic E-state index is 0.175. The molecule has 0 aliphatic carbocycles. The third-order valence-corrected chi connectivity index (χ3v) is 2.50. The van der Waals surface area contributed by atoms with Crippen molar-refractivity contribution in [2.75, 3.05) is 0 Å². The van der Waals surface area contributed by atoms with E-state index in [9.17, 15) is 4.39 Å². The molecule has 0 radical (unpaired) electrons. The Bertz CT molecular complexity index is 486. The van der Waals surface area contributed by atoms with Crippen molar-refractivity contribution >= 4 is 0 Å². The topological polar surface area (TPSA) is 0 Å². The average Bonchev–Trinajstić information content (AvgIpc) is 2.31. The molecule has 2 aromatic rings. The van der Waals surface area contributed by atoms with Crippen LogP contribution in [-0.2, 0) is 6.42 Å². The van der Waals surface area contributed by atoms with Crippen LogP contribution in [0, 0.1) is 5.82 Å². The van der Waals surface area contributed by atoms with Gasteiger partial charge in [0.2, 0.25) is 0 Å². The van der Waals surface area contributed by atoms with E-state index in [2.05, 4.69) is 6.58 Å². The van der Waals surface area contributed by atoms with Gasteiger partial charge in [-0.15, -0.1) is 6.58 Å². The molecule has 16 heavy (non-hydrogen) atoms. The summed E-state index contributed by atoms with van der Waals surface area (Å²) < 4.78 is 13.8. The molecule has 0 aliphatic rings. The van der Waals surface area contributed by atoms with Gasteiger partial charge in [0.05, 0.1) is 0 Å². The molecule has 0 N–H and O–H groups in total. The summed E-state index contributed by atoms with van der Waals surface area (Å²) >= 11 is 0. The van der Waals surface area contributed by atoms with Gasteiger partial charge in [0.1, 0.15) is 5.82 Å². The summed E-state index contributed by atoms with van der Waals surface area (Å²) in [5, 5.41) is 0. The van der Waals surface area contributed by atoms with Gasteiger partial charge in [-0.3, -0.25) is 0 Å². The van der Waals surface area contributed by atoms with Crippen LogP contribution in [0.2, 0.25) is 0 Å². The van der Waals surface area contributed by atoms with Crippen molar-refractivity contribution in [2.45, 2.75) is 6.42 Å². The van der Waals surface area contributed by atoms with E-state index >= 15 is 0 Å². The number of benzene rings is 2. The summed E-state index contributed by atoms with van der Waals surface area (Å²) in [7, 11) is 0. The van der Waals surface area contributed by atoms with Crippen molar-refractivity contribution in [1.29, 1.82) is 0 Å². The zero-order valence-corrected chi connectivity index (χ0v) is 8.99. The molecule has 0 fully saturated rings. The van der Waals surface area contributed by atoms with E-state index in [1.165, 1.54) is 0 Å². The van der Waals surface area contributed by atoms with Crippen LogP contribution in [0.5, 0.6) is 0 Å². The predicted octanol–water partition coefficient (Wildman–Crippen LogP) is 4.22. The van der Waals surface area contributed by atoms with E-state index in [1.807, 2.05) is 42.5 Å². The molecule has 2 aromatic carbocycles. The molecule has 1 heteroatoms. The fourth-order valence-electron chi connectivity index (χ4n) is 1.70. The molecule has 0 saturated carbocycles. The minimum atomic E-state index is -0.175. The number of hydrogen-bond donors (Lipinski definition) is 0. The summed E-state index contributed by atoms with van der Waals surface area (Å²) in [4.78, 5) is 0. The SMILES string of the molecule is C=CCc1ccc(-c2ccccc2)c(F)c1. The van der Waals surface area contributed by atoms with Gasteiger partial charge < -0.3 is 0 Å². The lowest BCUT2D eigenvalue weighted by atomic mass is 10.0. The van der Waals surface area contributed by atoms with Crippen molar-refractivity contribution in [1.82, 2.24) is 0 Å². The van der Waals surface area contributed by atoms with Crippen LogP contribution in [0.4, 0.5) is 4.39 Å². The Morgan fingerprint density at radius 3 is 2.44 bits per heavy atom. The Labute approximate surface area is 95.1 Å². The first-order valence-corrected chi connectivity index (χ1v) is 5.26. The van der Waals surface area contributed by atoms with Crippen LogP contribution in [-0.4, -0.2) is 0 Å². The van der Waals surface area contributed by atoms with E-state index in [-0.39, 0.29) is 5.82 Å². The quantitative estimate of drug-likeness (QED) is 0.668. The van der Waals surface area contributed by atoms with E-state index in [0.717, 1.165) is 11.1 Å². The first-order chi connectivity index (χ1) is 7.81. The smallest absolute Gasteiger partial charge is 0.131 e. The summed E-state index contributed by atoms with van der Waals surface area (Å²) in [5.41, 5.74) is 2.51. The molecule has 0 aromatic heterocycles. The van der Waals surface area contributed by atoms with Gasteiger partial charge in [0, 0.05) is 5.56 Å². The lowest BCUT2D eigenvalue weighted by Gasteiger charge is -2.05. The molecular weight excluding hydrogens is 199 g/mol. The Kier molecular flexibility index (Phi) is 3.16. The highest BCUT2D eigenvalue weighted by molar-refractivity contribution is 5.64. The first-order valence-electron chi connectivity index (χ1n) is 5.26. The summed E-state index contributed by atoms with van der Waals surface area (Å²) in [5.74, 6) is -0.175. The maximum atomic E-state index is 13.8. The normalized spacial score (nSPS) is 10.1. The highest BCUT2D eigenvalue weighted by atomic mass is 19.1. The first kappa shape index (κ1) is 10.6. The second kappa shape index (κ2) is 4.75. The zero-order chi connectivity index (χ0) is 11.4. The molecule has 0 nitrogen and oxygen atoms in total. The van der Waals surface area contributed by atoms with Gasteiger partial charge in [-0.2, -0.15) is 0 Å². The number of allylic oxidation sites excluding steroid dienone is 1. The van der Waals surface area contributed by atoms with Gasteiger partial charge in [0.15, 0.2) is 0 Å². The van der Waals surface area contributed by atoms with Crippen LogP contribution in [0.15, 0.2) is 61.2 Å². The third kappa shape index (κ3) is 2.19. The monoisotopic (exact) mass is 212 g/mol. The van der Waals surface area contributed by atoms with E-state index in [4.69, 9.17) is 0 Å². The molecule has 80 valence electrons. The highest BCUT2D eigenvalue weighted by Crippen LogP contribution is 2.23. The summed E-state index contributed by atoms with van der Waals surface area (Å²) in [6.45, 7) is 3.64. The van der Waals surface area contributed by atoms with Crippen molar-refractivity contribution in [2.24, 2.45) is 0 Å². The molecule has 0 heterocycles. The molecule has 0 spiro atoms. The van der Waals surface area contributed by atoms with Crippen LogP contribution >= 0.6 is 0 Å². The average molecular weight is 212 g/mol. The molecule has 0 saturated heterocycles. The Hall–Kier alpha value is -1.89. The van der Waals surface area contributed by atoms with Crippen molar-refractivity contribution in [3.05, 3.63) is 72.6 Å². The van der Waals surface area contributed by atoms with Gasteiger partial charge in [0.25, 0.3) is 0 Å². The molecule has 2 rings (SSSR count). The van der Waals surface area contributed by atoms with E-state index < -0.39 is 0 Å². The fourth-order valence-corrected chi connectivity index (χ4v) is 1.70. The van der Waals surface area contributed by atoms with Crippen LogP contribution in [0.25, 0.3) is 11.1 Å². The van der Waals surface area contributed by atoms with Gasteiger partial charge in [-0.25, -0.2) is 4.39 Å². The van der Waals surface area contributed by atoms with Gasteiger partial charge >= 0.3 is 0 Å². The maximum absolute atomic E-state index is 13.8. The fraction of sp³-hybridized carbons (Fsp3) is 0.0667. The number of hydrogen-bond acceptors (Lipinski definition) is 0. The second-order valence-electron chi connectivity index (χ2n) is 3.67. The maximum Gasteiger partial charge on any atom is 0.131 e. The van der Waals surface area contributed by atoms with Gasteiger partial charge in [-0.05, 0) is 23.6 Å². The van der Waals surface area contributed by atoms with Crippen LogP contribution < -0.4 is 0 Å². The molecule has 0 unspecified atom stereocenters. The third-order valence-electron chi connectivity index (χ3n) is 2.50. The van der Waals surface area contributed by atoms with Crippen molar-refractivity contribution < 1.29 is 4.39 Å². The van der Waals surface area contributed by atoms with Crippen LogP contribution in [0.3, 0.4) is 0 Å². The standard InChI is InChI=1S/C15H13F/c1-2-6-12-9-10-14(15(16)11-12)13-7-4-3-5-8-13/h2-5,7-11H,1,6H2. The molecule has 0 aliphatic heterocycles. The number of halogens is 1. The Morgan fingerprint density at radius 2 is 1.81 bits per heavy atom. The van der Waals surface area contributed by atoms with E-state index in [0.29, 0.717) is 12.0 Å². The molecular formula is C15H13F. The largest absolute Gasteiger partial charge is 0.206 e. The molecule has 0 amide bonds. The zero-order valence-electron chi connectivity index (χ0n) is 8.99.